The maximum atomic E-state index is 3.63. The van der Waals surface area contributed by atoms with Gasteiger partial charge in [0, 0.05) is 26.7 Å². The van der Waals surface area contributed by atoms with E-state index in [0.717, 1.165) is 0 Å². The topological polar surface area (TPSA) is 12.0 Å². The Kier molecular flexibility index (Phi) is 3.79. The lowest BCUT2D eigenvalue weighted by molar-refractivity contribution is 0.506. The van der Waals surface area contributed by atoms with Crippen LogP contribution in [-0.4, -0.2) is 0 Å². The second kappa shape index (κ2) is 5.13. The molecule has 16 heavy (non-hydrogen) atoms. The average molecular weight is 251 g/mol. The third-order valence-electron chi connectivity index (χ3n) is 2.66. The average Bonchev–Trinajstić information content (AvgIpc) is 2.87. The van der Waals surface area contributed by atoms with E-state index < -0.39 is 0 Å². The molecule has 0 bridgehead atoms. The van der Waals surface area contributed by atoms with Gasteiger partial charge in [-0.05, 0) is 44.4 Å². The monoisotopic (exact) mass is 251 g/mol. The van der Waals surface area contributed by atoms with Gasteiger partial charge >= 0.3 is 0 Å². The molecule has 2 aromatic heterocycles. The van der Waals surface area contributed by atoms with Gasteiger partial charge in [-0.15, -0.1) is 22.7 Å². The van der Waals surface area contributed by atoms with Crippen LogP contribution in [0, 0.1) is 6.92 Å². The molecule has 1 N–H and O–H groups in total. The zero-order chi connectivity index (χ0) is 11.5. The zero-order valence-electron chi connectivity index (χ0n) is 9.86. The molecular weight excluding hydrogens is 234 g/mol. The van der Waals surface area contributed by atoms with E-state index in [9.17, 15) is 0 Å². The first kappa shape index (κ1) is 11.8. The molecule has 2 rings (SSSR count). The summed E-state index contributed by atoms with van der Waals surface area (Å²) < 4.78 is 0. The standard InChI is InChI=1S/C13H17NS2/c1-9-6-7-13(16-9)11(3)14-10(2)12-5-4-8-15-12/h4-8,10-11,14H,1-3H3/t10-,11?/m0/s1. The summed E-state index contributed by atoms with van der Waals surface area (Å²) in [6.07, 6.45) is 0. The van der Waals surface area contributed by atoms with Crippen molar-refractivity contribution in [3.63, 3.8) is 0 Å². The molecule has 86 valence electrons. The van der Waals surface area contributed by atoms with Crippen molar-refractivity contribution in [1.29, 1.82) is 0 Å². The van der Waals surface area contributed by atoms with E-state index in [1.165, 1.54) is 14.6 Å². The van der Waals surface area contributed by atoms with Crippen LogP contribution in [0.3, 0.4) is 0 Å². The van der Waals surface area contributed by atoms with Crippen molar-refractivity contribution in [3.05, 3.63) is 44.3 Å². The van der Waals surface area contributed by atoms with Crippen LogP contribution >= 0.6 is 22.7 Å². The number of hydrogen-bond acceptors (Lipinski definition) is 3. The van der Waals surface area contributed by atoms with Crippen LogP contribution in [-0.2, 0) is 0 Å². The van der Waals surface area contributed by atoms with Crippen LogP contribution in [0.1, 0.15) is 40.6 Å². The van der Waals surface area contributed by atoms with Crippen LogP contribution in [0.2, 0.25) is 0 Å². The van der Waals surface area contributed by atoms with E-state index in [2.05, 4.69) is 55.7 Å². The van der Waals surface area contributed by atoms with Gasteiger partial charge in [-0.25, -0.2) is 0 Å². The molecule has 1 unspecified atom stereocenters. The first-order valence-corrected chi connectivity index (χ1v) is 7.22. The van der Waals surface area contributed by atoms with Crippen molar-refractivity contribution in [2.24, 2.45) is 0 Å². The van der Waals surface area contributed by atoms with Gasteiger partial charge in [0.15, 0.2) is 0 Å². The highest BCUT2D eigenvalue weighted by atomic mass is 32.1. The van der Waals surface area contributed by atoms with Gasteiger partial charge in [0.25, 0.3) is 0 Å². The van der Waals surface area contributed by atoms with Crippen LogP contribution in [0.4, 0.5) is 0 Å². The summed E-state index contributed by atoms with van der Waals surface area (Å²) in [5.41, 5.74) is 0. The molecule has 3 heteroatoms. The predicted octanol–water partition coefficient (Wildman–Crippen LogP) is 4.53. The third kappa shape index (κ3) is 2.73. The second-order valence-electron chi connectivity index (χ2n) is 4.07. The SMILES string of the molecule is Cc1ccc(C(C)N[C@@H](C)c2cccs2)s1. The Balaban J connectivity index is 2.00. The quantitative estimate of drug-likeness (QED) is 0.842. The van der Waals surface area contributed by atoms with Crippen molar-refractivity contribution in [2.45, 2.75) is 32.9 Å². The summed E-state index contributed by atoms with van der Waals surface area (Å²) in [6, 6.07) is 9.56. The Hall–Kier alpha value is -0.640. The Morgan fingerprint density at radius 1 is 1.06 bits per heavy atom. The molecule has 2 atom stereocenters. The fourth-order valence-electron chi connectivity index (χ4n) is 1.76. The maximum Gasteiger partial charge on any atom is 0.0391 e. The van der Waals surface area contributed by atoms with E-state index in [1.54, 1.807) is 0 Å². The van der Waals surface area contributed by atoms with Gasteiger partial charge in [0.05, 0.1) is 0 Å². The van der Waals surface area contributed by atoms with Crippen molar-refractivity contribution in [1.82, 2.24) is 5.32 Å². The van der Waals surface area contributed by atoms with Crippen LogP contribution in [0.25, 0.3) is 0 Å². The fourth-order valence-corrected chi connectivity index (χ4v) is 3.40. The maximum absolute atomic E-state index is 3.63. The highest BCUT2D eigenvalue weighted by Crippen LogP contribution is 2.26. The molecule has 1 nitrogen and oxygen atoms in total. The molecule has 0 radical (unpaired) electrons. The van der Waals surface area contributed by atoms with Crippen molar-refractivity contribution < 1.29 is 0 Å². The molecule has 0 saturated carbocycles. The van der Waals surface area contributed by atoms with Crippen molar-refractivity contribution in [3.8, 4) is 0 Å². The molecule has 0 aromatic carbocycles. The van der Waals surface area contributed by atoms with E-state index in [1.807, 2.05) is 22.7 Å². The first-order chi connectivity index (χ1) is 7.66. The van der Waals surface area contributed by atoms with Gasteiger partial charge in [0.1, 0.15) is 0 Å². The Morgan fingerprint density at radius 2 is 1.81 bits per heavy atom. The lowest BCUT2D eigenvalue weighted by Crippen LogP contribution is -2.20. The van der Waals surface area contributed by atoms with Gasteiger partial charge in [-0.1, -0.05) is 6.07 Å². The summed E-state index contributed by atoms with van der Waals surface area (Å²) in [7, 11) is 0. The highest BCUT2D eigenvalue weighted by molar-refractivity contribution is 7.12. The summed E-state index contributed by atoms with van der Waals surface area (Å²) >= 11 is 3.69. The normalized spacial score (nSPS) is 14.9. The molecule has 0 aliphatic heterocycles. The van der Waals surface area contributed by atoms with E-state index in [4.69, 9.17) is 0 Å². The molecule has 0 amide bonds. The van der Waals surface area contributed by atoms with Gasteiger partial charge < -0.3 is 5.32 Å². The van der Waals surface area contributed by atoms with Crippen molar-refractivity contribution in [2.75, 3.05) is 0 Å². The lowest BCUT2D eigenvalue weighted by Gasteiger charge is -2.17. The van der Waals surface area contributed by atoms with Crippen LogP contribution in [0.5, 0.6) is 0 Å². The summed E-state index contributed by atoms with van der Waals surface area (Å²) in [4.78, 5) is 4.20. The number of thiophene rings is 2. The summed E-state index contributed by atoms with van der Waals surface area (Å²) in [6.45, 7) is 6.61. The van der Waals surface area contributed by atoms with Crippen molar-refractivity contribution >= 4 is 22.7 Å². The smallest absolute Gasteiger partial charge is 0.0391 e. The molecule has 0 fully saturated rings. The molecule has 0 aliphatic rings. The zero-order valence-corrected chi connectivity index (χ0v) is 11.5. The highest BCUT2D eigenvalue weighted by Gasteiger charge is 2.12. The number of hydrogen-bond donors (Lipinski definition) is 1. The Morgan fingerprint density at radius 3 is 2.38 bits per heavy atom. The largest absolute Gasteiger partial charge is 0.302 e. The Labute approximate surface area is 105 Å². The van der Waals surface area contributed by atoms with Gasteiger partial charge in [-0.2, -0.15) is 0 Å². The lowest BCUT2D eigenvalue weighted by atomic mass is 10.2. The minimum atomic E-state index is 0.427. The van der Waals surface area contributed by atoms with Gasteiger partial charge in [0.2, 0.25) is 0 Å². The number of aryl methyl sites for hydroxylation is 1. The first-order valence-electron chi connectivity index (χ1n) is 5.52. The van der Waals surface area contributed by atoms with E-state index >= 15 is 0 Å². The predicted molar refractivity (Wildman–Crippen MR) is 73.3 cm³/mol. The van der Waals surface area contributed by atoms with E-state index in [-0.39, 0.29) is 0 Å². The number of rotatable bonds is 4. The molecule has 0 saturated heterocycles. The Bertz CT molecular complexity index is 430. The van der Waals surface area contributed by atoms with Gasteiger partial charge in [-0.3, -0.25) is 0 Å². The van der Waals surface area contributed by atoms with E-state index in [0.29, 0.717) is 12.1 Å². The van der Waals surface area contributed by atoms with Crippen LogP contribution < -0.4 is 5.32 Å². The molecule has 2 heterocycles. The molecule has 2 aromatic rings. The number of nitrogens with one attached hydrogen (secondary N) is 1. The summed E-state index contributed by atoms with van der Waals surface area (Å²) in [5, 5.41) is 5.77. The molecule has 0 aliphatic carbocycles. The minimum Gasteiger partial charge on any atom is -0.302 e. The summed E-state index contributed by atoms with van der Waals surface area (Å²) in [5.74, 6) is 0. The molecule has 0 spiro atoms. The second-order valence-corrected chi connectivity index (χ2v) is 6.37. The third-order valence-corrected chi connectivity index (χ3v) is 4.90. The molecular formula is C13H17NS2. The fraction of sp³-hybridized carbons (Fsp3) is 0.385. The minimum absolute atomic E-state index is 0.427. The van der Waals surface area contributed by atoms with Crippen LogP contribution in [0.15, 0.2) is 29.6 Å².